The van der Waals surface area contributed by atoms with Crippen molar-refractivity contribution >= 4 is 28.1 Å². The first-order valence-electron chi connectivity index (χ1n) is 5.03. The van der Waals surface area contributed by atoms with Gasteiger partial charge in [0, 0.05) is 16.3 Å². The van der Waals surface area contributed by atoms with Gasteiger partial charge in [-0.1, -0.05) is 17.7 Å². The minimum atomic E-state index is 0.632. The molecular formula is C12H13ClN2S. The second kappa shape index (κ2) is 4.44. The Labute approximate surface area is 104 Å². The highest BCUT2D eigenvalue weighted by atomic mass is 35.5. The number of nitrogens with two attached hydrogens (primary N) is 1. The zero-order valence-electron chi connectivity index (χ0n) is 9.25. The predicted octanol–water partition coefficient (Wildman–Crippen LogP) is 3.59. The molecule has 1 heterocycles. The van der Waals surface area contributed by atoms with E-state index in [-0.39, 0.29) is 0 Å². The second-order valence-corrected chi connectivity index (χ2v) is 5.36. The van der Waals surface area contributed by atoms with E-state index >= 15 is 0 Å². The fourth-order valence-corrected chi connectivity index (χ4v) is 2.67. The number of hydrogen-bond donors (Lipinski definition) is 1. The summed E-state index contributed by atoms with van der Waals surface area (Å²) in [5.74, 6) is 0. The molecule has 0 spiro atoms. The summed E-state index contributed by atoms with van der Waals surface area (Å²) in [4.78, 5) is 5.43. The number of nitrogens with zero attached hydrogens (tertiary/aromatic N) is 1. The number of nitrogen functional groups attached to an aromatic ring is 1. The van der Waals surface area contributed by atoms with E-state index in [1.165, 1.54) is 16.0 Å². The number of anilines is 1. The van der Waals surface area contributed by atoms with Crippen LogP contribution in [0.2, 0.25) is 5.02 Å². The Morgan fingerprint density at radius 2 is 2.12 bits per heavy atom. The van der Waals surface area contributed by atoms with Crippen LogP contribution in [-0.2, 0) is 6.42 Å². The van der Waals surface area contributed by atoms with Crippen LogP contribution < -0.4 is 5.73 Å². The van der Waals surface area contributed by atoms with Gasteiger partial charge < -0.3 is 5.73 Å². The van der Waals surface area contributed by atoms with E-state index in [0.29, 0.717) is 5.13 Å². The Hall–Kier alpha value is -1.06. The van der Waals surface area contributed by atoms with Gasteiger partial charge in [-0.25, -0.2) is 4.98 Å². The van der Waals surface area contributed by atoms with Crippen LogP contribution in [0, 0.1) is 13.8 Å². The molecule has 2 aromatic rings. The zero-order chi connectivity index (χ0) is 11.7. The molecule has 0 radical (unpaired) electrons. The Bertz CT molecular complexity index is 520. The van der Waals surface area contributed by atoms with E-state index in [1.807, 2.05) is 25.1 Å². The topological polar surface area (TPSA) is 38.9 Å². The summed E-state index contributed by atoms with van der Waals surface area (Å²) in [7, 11) is 0. The molecule has 1 aromatic heterocycles. The Morgan fingerprint density at radius 1 is 1.38 bits per heavy atom. The Kier molecular flexibility index (Phi) is 3.17. The fraction of sp³-hybridized carbons (Fsp3) is 0.250. The van der Waals surface area contributed by atoms with Crippen LogP contribution in [0.1, 0.15) is 21.7 Å². The van der Waals surface area contributed by atoms with Crippen molar-refractivity contribution in [2.75, 3.05) is 5.73 Å². The second-order valence-electron chi connectivity index (χ2n) is 3.81. The number of hydrogen-bond acceptors (Lipinski definition) is 3. The highest BCUT2D eigenvalue weighted by molar-refractivity contribution is 7.15. The molecule has 0 amide bonds. The van der Waals surface area contributed by atoms with Crippen LogP contribution in [0.25, 0.3) is 0 Å². The molecule has 1 aromatic carbocycles. The molecule has 4 heteroatoms. The standard InChI is InChI=1S/C12H13ClN2S/c1-7-3-4-10(13)5-9(7)6-11-8(2)15-12(14)16-11/h3-5H,6H2,1-2H3,(H2,14,15). The van der Waals surface area contributed by atoms with Crippen molar-refractivity contribution in [1.82, 2.24) is 4.98 Å². The van der Waals surface area contributed by atoms with Crippen LogP contribution in [0.5, 0.6) is 0 Å². The van der Waals surface area contributed by atoms with Crippen molar-refractivity contribution in [3.63, 3.8) is 0 Å². The van der Waals surface area contributed by atoms with Crippen LogP contribution in [0.4, 0.5) is 5.13 Å². The molecule has 0 saturated heterocycles. The molecule has 0 bridgehead atoms. The van der Waals surface area contributed by atoms with Gasteiger partial charge >= 0.3 is 0 Å². The van der Waals surface area contributed by atoms with Crippen molar-refractivity contribution in [3.8, 4) is 0 Å². The third-order valence-electron chi connectivity index (χ3n) is 2.57. The van der Waals surface area contributed by atoms with Crippen LogP contribution in [-0.4, -0.2) is 4.98 Å². The fourth-order valence-electron chi connectivity index (χ4n) is 1.62. The van der Waals surface area contributed by atoms with E-state index in [0.717, 1.165) is 17.1 Å². The van der Waals surface area contributed by atoms with Crippen LogP contribution >= 0.6 is 22.9 Å². The first-order chi connectivity index (χ1) is 7.56. The Morgan fingerprint density at radius 3 is 2.75 bits per heavy atom. The summed E-state index contributed by atoms with van der Waals surface area (Å²) in [6.45, 7) is 4.08. The van der Waals surface area contributed by atoms with Gasteiger partial charge in [0.1, 0.15) is 0 Å². The summed E-state index contributed by atoms with van der Waals surface area (Å²) >= 11 is 7.54. The maximum Gasteiger partial charge on any atom is 0.180 e. The monoisotopic (exact) mass is 252 g/mol. The zero-order valence-corrected chi connectivity index (χ0v) is 10.8. The first kappa shape index (κ1) is 11.4. The van der Waals surface area contributed by atoms with Crippen molar-refractivity contribution in [2.45, 2.75) is 20.3 Å². The lowest BCUT2D eigenvalue weighted by Crippen LogP contribution is -1.91. The molecule has 16 heavy (non-hydrogen) atoms. The summed E-state index contributed by atoms with van der Waals surface area (Å²) in [6, 6.07) is 5.96. The van der Waals surface area contributed by atoms with Gasteiger partial charge in [-0.05, 0) is 37.1 Å². The number of rotatable bonds is 2. The average Bonchev–Trinajstić information content (AvgIpc) is 2.51. The summed E-state index contributed by atoms with van der Waals surface area (Å²) < 4.78 is 0. The molecule has 0 aliphatic rings. The molecule has 0 unspecified atom stereocenters. The normalized spacial score (nSPS) is 10.7. The minimum absolute atomic E-state index is 0.632. The molecule has 0 saturated carbocycles. The van der Waals surface area contributed by atoms with Crippen molar-refractivity contribution in [1.29, 1.82) is 0 Å². The highest BCUT2D eigenvalue weighted by Gasteiger charge is 2.08. The molecule has 2 N–H and O–H groups in total. The Balaban J connectivity index is 2.33. The third-order valence-corrected chi connectivity index (χ3v) is 3.79. The number of aromatic nitrogens is 1. The maximum atomic E-state index is 5.99. The molecule has 0 aliphatic carbocycles. The van der Waals surface area contributed by atoms with Crippen LogP contribution in [0.15, 0.2) is 18.2 Å². The lowest BCUT2D eigenvalue weighted by molar-refractivity contribution is 1.13. The van der Waals surface area contributed by atoms with Gasteiger partial charge in [0.15, 0.2) is 5.13 Å². The largest absolute Gasteiger partial charge is 0.375 e. The quantitative estimate of drug-likeness (QED) is 0.887. The van der Waals surface area contributed by atoms with Crippen molar-refractivity contribution < 1.29 is 0 Å². The van der Waals surface area contributed by atoms with E-state index in [9.17, 15) is 0 Å². The van der Waals surface area contributed by atoms with Gasteiger partial charge in [-0.2, -0.15) is 0 Å². The number of benzene rings is 1. The maximum absolute atomic E-state index is 5.99. The SMILES string of the molecule is Cc1ccc(Cl)cc1Cc1sc(N)nc1C. The van der Waals surface area contributed by atoms with Gasteiger partial charge in [-0.3, -0.25) is 0 Å². The van der Waals surface area contributed by atoms with Gasteiger partial charge in [0.25, 0.3) is 0 Å². The highest BCUT2D eigenvalue weighted by Crippen LogP contribution is 2.25. The van der Waals surface area contributed by atoms with Crippen molar-refractivity contribution in [3.05, 3.63) is 44.9 Å². The minimum Gasteiger partial charge on any atom is -0.375 e. The average molecular weight is 253 g/mol. The van der Waals surface area contributed by atoms with Crippen LogP contribution in [0.3, 0.4) is 0 Å². The number of halogens is 1. The van der Waals surface area contributed by atoms with E-state index in [1.54, 1.807) is 11.3 Å². The molecule has 84 valence electrons. The predicted molar refractivity (Wildman–Crippen MR) is 70.3 cm³/mol. The number of aryl methyl sites for hydroxylation is 2. The third kappa shape index (κ3) is 2.36. The molecular weight excluding hydrogens is 240 g/mol. The molecule has 2 nitrogen and oxygen atoms in total. The molecule has 2 rings (SSSR count). The molecule has 0 atom stereocenters. The van der Waals surface area contributed by atoms with E-state index < -0.39 is 0 Å². The van der Waals surface area contributed by atoms with E-state index in [4.69, 9.17) is 17.3 Å². The molecule has 0 aliphatic heterocycles. The lowest BCUT2D eigenvalue weighted by atomic mass is 10.0. The van der Waals surface area contributed by atoms with Crippen molar-refractivity contribution in [2.24, 2.45) is 0 Å². The van der Waals surface area contributed by atoms with E-state index in [2.05, 4.69) is 11.9 Å². The summed E-state index contributed by atoms with van der Waals surface area (Å²) in [5.41, 5.74) is 9.18. The lowest BCUT2D eigenvalue weighted by Gasteiger charge is -2.05. The summed E-state index contributed by atoms with van der Waals surface area (Å²) in [6.07, 6.45) is 0.854. The van der Waals surface area contributed by atoms with Gasteiger partial charge in [0.05, 0.1) is 5.69 Å². The summed E-state index contributed by atoms with van der Waals surface area (Å²) in [5, 5.41) is 1.41. The first-order valence-corrected chi connectivity index (χ1v) is 6.22. The number of thiazole rings is 1. The van der Waals surface area contributed by atoms with Gasteiger partial charge in [-0.15, -0.1) is 11.3 Å². The van der Waals surface area contributed by atoms with Gasteiger partial charge in [0.2, 0.25) is 0 Å². The molecule has 0 fully saturated rings. The smallest absolute Gasteiger partial charge is 0.180 e.